The maximum absolute atomic E-state index is 12.5. The summed E-state index contributed by atoms with van der Waals surface area (Å²) in [4.78, 5) is 16.9. The first-order valence-corrected chi connectivity index (χ1v) is 9.38. The molecule has 0 saturated heterocycles. The number of aliphatic hydroxyl groups excluding tert-OH is 1. The Morgan fingerprint density at radius 3 is 2.75 bits per heavy atom. The Kier molecular flexibility index (Phi) is 5.12. The monoisotopic (exact) mass is 381 g/mol. The van der Waals surface area contributed by atoms with E-state index in [2.05, 4.69) is 20.7 Å². The summed E-state index contributed by atoms with van der Waals surface area (Å²) in [5, 5.41) is 20.3. The maximum atomic E-state index is 12.5. The molecule has 8 nitrogen and oxygen atoms in total. The molecule has 146 valence electrons. The summed E-state index contributed by atoms with van der Waals surface area (Å²) in [7, 11) is 1.56. The molecule has 0 bridgehead atoms. The van der Waals surface area contributed by atoms with Crippen molar-refractivity contribution in [3.8, 4) is 5.75 Å². The third-order valence-corrected chi connectivity index (χ3v) is 4.97. The zero-order valence-corrected chi connectivity index (χ0v) is 15.6. The van der Waals surface area contributed by atoms with Crippen LogP contribution in [0.4, 0.5) is 11.8 Å². The van der Waals surface area contributed by atoms with Gasteiger partial charge in [0, 0.05) is 11.6 Å². The second-order valence-electron chi connectivity index (χ2n) is 6.95. The molecule has 1 aliphatic carbocycles. The molecule has 0 spiro atoms. The molecule has 1 aliphatic rings. The molecular weight excluding hydrogens is 358 g/mol. The fourth-order valence-electron chi connectivity index (χ4n) is 3.43. The zero-order valence-electron chi connectivity index (χ0n) is 15.6. The number of aromatic nitrogens is 3. The van der Waals surface area contributed by atoms with Gasteiger partial charge in [-0.1, -0.05) is 12.1 Å². The highest BCUT2D eigenvalue weighted by Crippen LogP contribution is 2.23. The van der Waals surface area contributed by atoms with E-state index in [1.54, 1.807) is 35.9 Å². The van der Waals surface area contributed by atoms with Crippen LogP contribution in [0, 0.1) is 0 Å². The van der Waals surface area contributed by atoms with E-state index in [-0.39, 0.29) is 24.0 Å². The zero-order chi connectivity index (χ0) is 19.5. The summed E-state index contributed by atoms with van der Waals surface area (Å²) in [6, 6.07) is 12.9. The number of carbonyl (C=O) groups excluding carboxylic acids is 1. The second kappa shape index (κ2) is 7.85. The Bertz CT molecular complexity index is 979. The smallest absolute Gasteiger partial charge is 0.258 e. The first kappa shape index (κ1) is 18.2. The van der Waals surface area contributed by atoms with Crippen molar-refractivity contribution < 1.29 is 14.6 Å². The molecule has 3 N–H and O–H groups in total. The maximum Gasteiger partial charge on any atom is 0.258 e. The highest BCUT2D eigenvalue weighted by Gasteiger charge is 2.20. The van der Waals surface area contributed by atoms with Gasteiger partial charge in [-0.2, -0.15) is 9.50 Å². The number of hydrogen-bond acceptors (Lipinski definition) is 6. The van der Waals surface area contributed by atoms with Gasteiger partial charge in [-0.15, -0.1) is 5.10 Å². The quantitative estimate of drug-likeness (QED) is 0.628. The third kappa shape index (κ3) is 3.91. The second-order valence-corrected chi connectivity index (χ2v) is 6.95. The summed E-state index contributed by atoms with van der Waals surface area (Å²) in [5.74, 6) is 1.36. The molecule has 1 amide bonds. The number of fused-ring (bicyclic) bond motifs is 1. The SMILES string of the molecule is COc1cccc(C(=O)Nc2nc3cccc(NC4CCC(O)CC4)n3n2)c1. The summed E-state index contributed by atoms with van der Waals surface area (Å²) < 4.78 is 6.85. The van der Waals surface area contributed by atoms with Gasteiger partial charge in [-0.05, 0) is 56.0 Å². The van der Waals surface area contributed by atoms with E-state index in [0.717, 1.165) is 31.5 Å². The molecule has 28 heavy (non-hydrogen) atoms. The van der Waals surface area contributed by atoms with Crippen LogP contribution >= 0.6 is 0 Å². The molecule has 2 aromatic heterocycles. The number of aliphatic hydroxyl groups is 1. The van der Waals surface area contributed by atoms with E-state index >= 15 is 0 Å². The lowest BCUT2D eigenvalue weighted by Gasteiger charge is -2.26. The van der Waals surface area contributed by atoms with Gasteiger partial charge >= 0.3 is 0 Å². The number of nitrogens with one attached hydrogen (secondary N) is 2. The van der Waals surface area contributed by atoms with Crippen molar-refractivity contribution in [1.29, 1.82) is 0 Å². The number of rotatable bonds is 5. The fraction of sp³-hybridized carbons (Fsp3) is 0.350. The van der Waals surface area contributed by atoms with Crippen molar-refractivity contribution in [3.63, 3.8) is 0 Å². The minimum Gasteiger partial charge on any atom is -0.497 e. The fourth-order valence-corrected chi connectivity index (χ4v) is 3.43. The molecule has 2 heterocycles. The van der Waals surface area contributed by atoms with E-state index in [0.29, 0.717) is 17.0 Å². The topological polar surface area (TPSA) is 101 Å². The summed E-state index contributed by atoms with van der Waals surface area (Å²) in [5.41, 5.74) is 1.11. The Morgan fingerprint density at radius 1 is 1.18 bits per heavy atom. The predicted octanol–water partition coefficient (Wildman–Crippen LogP) is 2.71. The number of ether oxygens (including phenoxy) is 1. The van der Waals surface area contributed by atoms with Crippen LogP contribution < -0.4 is 15.4 Å². The molecule has 8 heteroatoms. The number of nitrogens with zero attached hydrogens (tertiary/aromatic N) is 3. The lowest BCUT2D eigenvalue weighted by atomic mass is 9.93. The average Bonchev–Trinajstić information content (AvgIpc) is 3.13. The number of anilines is 2. The predicted molar refractivity (Wildman–Crippen MR) is 106 cm³/mol. The molecule has 1 fully saturated rings. The minimum atomic E-state index is -0.300. The van der Waals surface area contributed by atoms with Crippen LogP contribution in [0.1, 0.15) is 36.0 Å². The van der Waals surface area contributed by atoms with E-state index < -0.39 is 0 Å². The van der Waals surface area contributed by atoms with Crippen molar-refractivity contribution in [2.75, 3.05) is 17.7 Å². The minimum absolute atomic E-state index is 0.196. The van der Waals surface area contributed by atoms with Gasteiger partial charge in [-0.25, -0.2) is 0 Å². The summed E-state index contributed by atoms with van der Waals surface area (Å²) in [6.45, 7) is 0. The molecule has 1 saturated carbocycles. The van der Waals surface area contributed by atoms with Crippen molar-refractivity contribution in [3.05, 3.63) is 48.0 Å². The van der Waals surface area contributed by atoms with Crippen molar-refractivity contribution >= 4 is 23.3 Å². The summed E-state index contributed by atoms with van der Waals surface area (Å²) in [6.07, 6.45) is 3.22. The van der Waals surface area contributed by atoms with Crippen molar-refractivity contribution in [2.24, 2.45) is 0 Å². The first-order valence-electron chi connectivity index (χ1n) is 9.38. The average molecular weight is 381 g/mol. The number of carbonyl (C=O) groups is 1. The largest absolute Gasteiger partial charge is 0.497 e. The standard InChI is InChI=1S/C20H23N5O3/c1-28-16-5-2-4-13(12-16)19(27)23-20-22-18-7-3-6-17(25(18)24-20)21-14-8-10-15(26)11-9-14/h2-7,12,14-15,21,26H,8-11H2,1H3,(H,23,24,27). The van der Waals surface area contributed by atoms with Gasteiger partial charge in [-0.3, -0.25) is 10.1 Å². The molecule has 0 atom stereocenters. The molecule has 0 aliphatic heterocycles. The number of pyridine rings is 1. The van der Waals surface area contributed by atoms with Crippen LogP contribution in [0.15, 0.2) is 42.5 Å². The van der Waals surface area contributed by atoms with Crippen LogP contribution in [0.2, 0.25) is 0 Å². The Balaban J connectivity index is 1.52. The Hall–Kier alpha value is -3.13. The molecule has 0 unspecified atom stereocenters. The van der Waals surface area contributed by atoms with E-state index in [1.807, 2.05) is 18.2 Å². The van der Waals surface area contributed by atoms with Gasteiger partial charge in [0.05, 0.1) is 13.2 Å². The highest BCUT2D eigenvalue weighted by molar-refractivity contribution is 6.03. The van der Waals surface area contributed by atoms with Gasteiger partial charge in [0.1, 0.15) is 11.6 Å². The number of benzene rings is 1. The molecule has 3 aromatic rings. The Morgan fingerprint density at radius 2 is 1.96 bits per heavy atom. The molecule has 4 rings (SSSR count). The van der Waals surface area contributed by atoms with Crippen molar-refractivity contribution in [2.45, 2.75) is 37.8 Å². The molecular formula is C20H23N5O3. The van der Waals surface area contributed by atoms with Gasteiger partial charge in [0.15, 0.2) is 5.65 Å². The van der Waals surface area contributed by atoms with Crippen molar-refractivity contribution in [1.82, 2.24) is 14.6 Å². The normalized spacial score (nSPS) is 19.4. The first-order chi connectivity index (χ1) is 13.6. The number of amides is 1. The van der Waals surface area contributed by atoms with Gasteiger partial charge in [0.2, 0.25) is 5.95 Å². The third-order valence-electron chi connectivity index (χ3n) is 4.97. The van der Waals surface area contributed by atoms with E-state index in [4.69, 9.17) is 4.74 Å². The highest BCUT2D eigenvalue weighted by atomic mass is 16.5. The molecule has 0 radical (unpaired) electrons. The van der Waals surface area contributed by atoms with Gasteiger partial charge < -0.3 is 15.2 Å². The van der Waals surface area contributed by atoms with E-state index in [1.165, 1.54) is 0 Å². The lowest BCUT2D eigenvalue weighted by molar-refractivity contribution is 0.102. The number of hydrogen-bond donors (Lipinski definition) is 3. The Labute approximate surface area is 162 Å². The number of methoxy groups -OCH3 is 1. The van der Waals surface area contributed by atoms with Crippen LogP contribution in [0.25, 0.3) is 5.65 Å². The van der Waals surface area contributed by atoms with Gasteiger partial charge in [0.25, 0.3) is 5.91 Å². The van der Waals surface area contributed by atoms with Crippen LogP contribution in [0.5, 0.6) is 5.75 Å². The van der Waals surface area contributed by atoms with Crippen LogP contribution in [0.3, 0.4) is 0 Å². The van der Waals surface area contributed by atoms with E-state index in [9.17, 15) is 9.90 Å². The molecule has 1 aromatic carbocycles. The van der Waals surface area contributed by atoms with Crippen LogP contribution in [-0.4, -0.2) is 44.9 Å². The summed E-state index contributed by atoms with van der Waals surface area (Å²) >= 11 is 0. The lowest BCUT2D eigenvalue weighted by Crippen LogP contribution is -2.29. The van der Waals surface area contributed by atoms with Crippen LogP contribution in [-0.2, 0) is 0 Å².